The molecular weight excluding hydrogens is 343 g/mol. The lowest BCUT2D eigenvalue weighted by atomic mass is 10.2. The first-order valence-electron chi connectivity index (χ1n) is 5.38. The maximum absolute atomic E-state index is 12.2. The van der Waals surface area contributed by atoms with Gasteiger partial charge in [-0.25, -0.2) is 17.9 Å². The maximum Gasteiger partial charge on any atom is 0.337 e. The Morgan fingerprint density at radius 1 is 1.38 bits per heavy atom. The summed E-state index contributed by atoms with van der Waals surface area (Å²) in [5.41, 5.74) is 0.0456. The van der Waals surface area contributed by atoms with Crippen molar-refractivity contribution in [3.63, 3.8) is 0 Å². The Morgan fingerprint density at radius 2 is 2.05 bits per heavy atom. The summed E-state index contributed by atoms with van der Waals surface area (Å²) in [4.78, 5) is 14.3. The molecule has 0 aliphatic rings. The number of aryl methyl sites for hydroxylation is 1. The van der Waals surface area contributed by atoms with E-state index < -0.39 is 31.5 Å². The molecule has 1 aromatic heterocycles. The number of hydrogen-bond donors (Lipinski definition) is 2. The van der Waals surface area contributed by atoms with Crippen molar-refractivity contribution in [1.82, 2.24) is 4.98 Å². The first-order valence-corrected chi connectivity index (χ1v) is 7.62. The van der Waals surface area contributed by atoms with Crippen molar-refractivity contribution in [1.29, 1.82) is 0 Å². The minimum atomic E-state index is -4.20. The lowest BCUT2D eigenvalue weighted by Crippen LogP contribution is -2.15. The number of halogens is 2. The van der Waals surface area contributed by atoms with Crippen LogP contribution in [0.3, 0.4) is 0 Å². The highest BCUT2D eigenvalue weighted by Gasteiger charge is 2.25. The molecule has 0 aliphatic heterocycles. The number of carboxylic acid groups (broad SMARTS) is 1. The van der Waals surface area contributed by atoms with Gasteiger partial charge < -0.3 is 9.52 Å². The minimum absolute atomic E-state index is 0.0826. The second-order valence-corrected chi connectivity index (χ2v) is 6.44. The van der Waals surface area contributed by atoms with E-state index in [9.17, 15) is 13.2 Å². The van der Waals surface area contributed by atoms with Gasteiger partial charge in [0.15, 0.2) is 0 Å². The summed E-state index contributed by atoms with van der Waals surface area (Å²) in [6.45, 7) is 1.61. The summed E-state index contributed by atoms with van der Waals surface area (Å²) in [6, 6.07) is 1.83. The molecule has 0 amide bonds. The summed E-state index contributed by atoms with van der Waals surface area (Å²) >= 11 is 11.5. The number of hydrogen-bond acceptors (Lipinski definition) is 5. The SMILES string of the molecule is Cc1coc(NS(=O)(=O)c2cc(Cl)cc(C(=O)O)c2Cl)n1. The summed E-state index contributed by atoms with van der Waals surface area (Å²) in [7, 11) is -4.20. The van der Waals surface area contributed by atoms with Crippen molar-refractivity contribution in [3.8, 4) is 0 Å². The second-order valence-electron chi connectivity index (χ2n) is 3.97. The van der Waals surface area contributed by atoms with Crippen LogP contribution in [0.5, 0.6) is 0 Å². The summed E-state index contributed by atoms with van der Waals surface area (Å²) < 4.78 is 31.3. The van der Waals surface area contributed by atoms with E-state index in [2.05, 4.69) is 4.98 Å². The predicted molar refractivity (Wildman–Crippen MR) is 75.5 cm³/mol. The third kappa shape index (κ3) is 3.29. The highest BCUT2D eigenvalue weighted by molar-refractivity contribution is 7.92. The van der Waals surface area contributed by atoms with E-state index in [1.165, 1.54) is 6.26 Å². The Balaban J connectivity index is 2.52. The van der Waals surface area contributed by atoms with Crippen molar-refractivity contribution in [3.05, 3.63) is 39.7 Å². The molecule has 2 N–H and O–H groups in total. The van der Waals surface area contributed by atoms with Gasteiger partial charge in [-0.2, -0.15) is 4.98 Å². The molecule has 0 atom stereocenters. The van der Waals surface area contributed by atoms with Crippen LogP contribution in [-0.2, 0) is 10.0 Å². The number of nitrogens with zero attached hydrogens (tertiary/aromatic N) is 1. The third-order valence-electron chi connectivity index (χ3n) is 2.36. The molecule has 0 unspecified atom stereocenters. The zero-order valence-corrected chi connectivity index (χ0v) is 12.8. The van der Waals surface area contributed by atoms with Crippen molar-refractivity contribution in [2.45, 2.75) is 11.8 Å². The van der Waals surface area contributed by atoms with Crippen molar-refractivity contribution in [2.24, 2.45) is 0 Å². The number of benzene rings is 1. The van der Waals surface area contributed by atoms with E-state index in [-0.39, 0.29) is 11.0 Å². The molecule has 1 aromatic carbocycles. The molecule has 0 fully saturated rings. The van der Waals surface area contributed by atoms with Gasteiger partial charge in [0.1, 0.15) is 11.2 Å². The Morgan fingerprint density at radius 3 is 2.57 bits per heavy atom. The third-order valence-corrected chi connectivity index (χ3v) is 4.45. The number of sulfonamides is 1. The van der Waals surface area contributed by atoms with Crippen LogP contribution in [-0.4, -0.2) is 24.5 Å². The Bertz CT molecular complexity index is 816. The average molecular weight is 351 g/mol. The number of aromatic nitrogens is 1. The molecule has 7 nitrogen and oxygen atoms in total. The van der Waals surface area contributed by atoms with Crippen molar-refractivity contribution in [2.75, 3.05) is 4.72 Å². The van der Waals surface area contributed by atoms with Crippen molar-refractivity contribution >= 4 is 45.2 Å². The molecule has 1 heterocycles. The largest absolute Gasteiger partial charge is 0.478 e. The average Bonchev–Trinajstić information content (AvgIpc) is 2.76. The Hall–Kier alpha value is -1.77. The molecule has 10 heteroatoms. The molecule has 0 spiro atoms. The number of oxazole rings is 1. The van der Waals surface area contributed by atoms with Gasteiger partial charge in [-0.1, -0.05) is 23.2 Å². The van der Waals surface area contributed by atoms with E-state index in [1.807, 2.05) is 4.72 Å². The fraction of sp³-hybridized carbons (Fsp3) is 0.0909. The number of anilines is 1. The van der Waals surface area contributed by atoms with Crippen LogP contribution < -0.4 is 4.72 Å². The number of rotatable bonds is 4. The number of aromatic carboxylic acids is 1. The summed E-state index contributed by atoms with van der Waals surface area (Å²) in [5.74, 6) is -1.40. The zero-order chi connectivity index (χ0) is 15.8. The standard InChI is InChI=1S/C11H8Cl2N2O5S/c1-5-4-20-11(14-5)15-21(18,19)8-3-6(12)2-7(9(8)13)10(16)17/h2-4H,1H3,(H,14,15)(H,16,17). The molecule has 21 heavy (non-hydrogen) atoms. The van der Waals surface area contributed by atoms with Crippen molar-refractivity contribution < 1.29 is 22.7 Å². The number of carbonyl (C=O) groups is 1. The van der Waals surface area contributed by atoms with Gasteiger partial charge in [0.25, 0.3) is 10.0 Å². The molecule has 2 aromatic rings. The van der Waals surface area contributed by atoms with Gasteiger partial charge in [-0.05, 0) is 19.1 Å². The topological polar surface area (TPSA) is 110 Å². The summed E-state index contributed by atoms with van der Waals surface area (Å²) in [6.07, 6.45) is 1.25. The fourth-order valence-corrected chi connectivity index (χ4v) is 3.33. The van der Waals surface area contributed by atoms with Gasteiger partial charge in [-0.3, -0.25) is 0 Å². The van der Waals surface area contributed by atoms with Crippen LogP contribution in [0.2, 0.25) is 10.0 Å². The lowest BCUT2D eigenvalue weighted by molar-refractivity contribution is 0.0697. The summed E-state index contributed by atoms with van der Waals surface area (Å²) in [5, 5.41) is 8.45. The number of carboxylic acids is 1. The predicted octanol–water partition coefficient (Wildman–Crippen LogP) is 2.79. The molecule has 2 rings (SSSR count). The normalized spacial score (nSPS) is 11.4. The minimum Gasteiger partial charge on any atom is -0.478 e. The molecule has 0 bridgehead atoms. The van der Waals surface area contributed by atoms with E-state index in [0.29, 0.717) is 5.69 Å². The molecular formula is C11H8Cl2N2O5S. The molecule has 0 radical (unpaired) electrons. The fourth-order valence-electron chi connectivity index (χ4n) is 1.49. The van der Waals surface area contributed by atoms with Gasteiger partial charge >= 0.3 is 12.0 Å². The van der Waals surface area contributed by atoms with Crippen LogP contribution in [0, 0.1) is 6.92 Å². The molecule has 0 aliphatic carbocycles. The van der Waals surface area contributed by atoms with E-state index in [0.717, 1.165) is 12.1 Å². The van der Waals surface area contributed by atoms with Crippen LogP contribution in [0.4, 0.5) is 6.01 Å². The Kier molecular flexibility index (Phi) is 4.13. The second kappa shape index (κ2) is 5.55. The van der Waals surface area contributed by atoms with Gasteiger partial charge in [-0.15, -0.1) is 0 Å². The van der Waals surface area contributed by atoms with Crippen LogP contribution in [0.15, 0.2) is 27.7 Å². The van der Waals surface area contributed by atoms with E-state index >= 15 is 0 Å². The molecule has 0 saturated heterocycles. The van der Waals surface area contributed by atoms with Crippen LogP contribution in [0.1, 0.15) is 16.1 Å². The highest BCUT2D eigenvalue weighted by Crippen LogP contribution is 2.30. The highest BCUT2D eigenvalue weighted by atomic mass is 35.5. The monoisotopic (exact) mass is 350 g/mol. The van der Waals surface area contributed by atoms with Crippen LogP contribution >= 0.6 is 23.2 Å². The zero-order valence-electron chi connectivity index (χ0n) is 10.4. The van der Waals surface area contributed by atoms with Gasteiger partial charge in [0.05, 0.1) is 16.3 Å². The smallest absolute Gasteiger partial charge is 0.337 e. The Labute approximate surface area is 129 Å². The lowest BCUT2D eigenvalue weighted by Gasteiger charge is -2.09. The molecule has 112 valence electrons. The first-order chi connectivity index (χ1) is 9.70. The van der Waals surface area contributed by atoms with Gasteiger partial charge in [0, 0.05) is 5.02 Å². The van der Waals surface area contributed by atoms with Crippen LogP contribution in [0.25, 0.3) is 0 Å². The maximum atomic E-state index is 12.2. The molecule has 0 saturated carbocycles. The number of nitrogens with one attached hydrogen (secondary N) is 1. The first kappa shape index (κ1) is 15.6. The van der Waals surface area contributed by atoms with Gasteiger partial charge in [0.2, 0.25) is 0 Å². The van der Waals surface area contributed by atoms with E-state index in [4.69, 9.17) is 32.7 Å². The van der Waals surface area contributed by atoms with E-state index in [1.54, 1.807) is 6.92 Å². The quantitative estimate of drug-likeness (QED) is 0.877.